The first-order chi connectivity index (χ1) is 14.9. The third-order valence-corrected chi connectivity index (χ3v) is 7.84. The van der Waals surface area contributed by atoms with Crippen LogP contribution in [0.4, 0.5) is 0 Å². The topological polar surface area (TPSA) is 62.3 Å². The first-order valence-corrected chi connectivity index (χ1v) is 12.4. The molecule has 0 spiro atoms. The van der Waals surface area contributed by atoms with Gasteiger partial charge in [-0.25, -0.2) is 4.98 Å². The van der Waals surface area contributed by atoms with Gasteiger partial charge in [0, 0.05) is 31.0 Å². The summed E-state index contributed by atoms with van der Waals surface area (Å²) in [5.74, 6) is 0.600. The lowest BCUT2D eigenvalue weighted by Crippen LogP contribution is -2.53. The number of piperidine rings is 1. The fourth-order valence-electron chi connectivity index (χ4n) is 5.07. The number of nitrogens with one attached hydrogen (secondary N) is 1. The molecule has 2 fully saturated rings. The van der Waals surface area contributed by atoms with Crippen LogP contribution < -0.4 is 5.32 Å². The number of amides is 2. The van der Waals surface area contributed by atoms with Crippen molar-refractivity contribution in [3.63, 3.8) is 0 Å². The Labute approximate surface area is 189 Å². The Morgan fingerprint density at radius 2 is 1.84 bits per heavy atom. The molecular weight excluding hydrogens is 406 g/mol. The zero-order valence-electron chi connectivity index (χ0n) is 18.8. The van der Waals surface area contributed by atoms with Gasteiger partial charge in [0.25, 0.3) is 5.91 Å². The summed E-state index contributed by atoms with van der Waals surface area (Å²) in [7, 11) is 0. The molecule has 2 aliphatic rings. The lowest BCUT2D eigenvalue weighted by molar-refractivity contribution is -0.137. The van der Waals surface area contributed by atoms with Gasteiger partial charge in [0.2, 0.25) is 5.91 Å². The average Bonchev–Trinajstić information content (AvgIpc) is 3.42. The summed E-state index contributed by atoms with van der Waals surface area (Å²) in [6, 6.07) is 8.71. The third-order valence-electron chi connectivity index (χ3n) is 6.77. The average molecular weight is 440 g/mol. The van der Waals surface area contributed by atoms with Crippen molar-refractivity contribution in [2.75, 3.05) is 13.1 Å². The summed E-state index contributed by atoms with van der Waals surface area (Å²) in [4.78, 5) is 33.3. The smallest absolute Gasteiger partial charge is 0.263 e. The minimum Gasteiger partial charge on any atom is -0.347 e. The van der Waals surface area contributed by atoms with E-state index in [1.807, 2.05) is 18.7 Å². The fourth-order valence-corrected chi connectivity index (χ4v) is 5.90. The van der Waals surface area contributed by atoms with E-state index in [4.69, 9.17) is 0 Å². The highest BCUT2D eigenvalue weighted by molar-refractivity contribution is 7.13. The van der Waals surface area contributed by atoms with E-state index in [2.05, 4.69) is 41.5 Å². The molecule has 2 aromatic rings. The van der Waals surface area contributed by atoms with Crippen LogP contribution in [0.1, 0.15) is 76.4 Å². The Kier molecular flexibility index (Phi) is 6.75. The van der Waals surface area contributed by atoms with Crippen LogP contribution >= 0.6 is 11.3 Å². The Morgan fingerprint density at radius 1 is 1.13 bits per heavy atom. The van der Waals surface area contributed by atoms with Crippen LogP contribution in [0.25, 0.3) is 0 Å². The second-order valence-corrected chi connectivity index (χ2v) is 10.3. The van der Waals surface area contributed by atoms with E-state index in [1.54, 1.807) is 0 Å². The highest BCUT2D eigenvalue weighted by atomic mass is 32.1. The Morgan fingerprint density at radius 3 is 2.45 bits per heavy atom. The van der Waals surface area contributed by atoms with Crippen molar-refractivity contribution in [2.45, 2.75) is 71.3 Å². The monoisotopic (exact) mass is 439 g/mol. The SMILES string of the molecule is CCc1ccc(C2CC(NC(=O)c3sc(C)nc3C)CN(C(=O)C3CCCC3)C2)cc1. The number of thiazole rings is 1. The molecule has 6 heteroatoms. The second kappa shape index (κ2) is 9.51. The van der Waals surface area contributed by atoms with Crippen LogP contribution in [0.15, 0.2) is 24.3 Å². The normalized spacial score (nSPS) is 22.0. The van der Waals surface area contributed by atoms with Gasteiger partial charge >= 0.3 is 0 Å². The molecule has 1 aliphatic heterocycles. The van der Waals surface area contributed by atoms with Crippen LogP contribution in [0, 0.1) is 19.8 Å². The van der Waals surface area contributed by atoms with Crippen molar-refractivity contribution in [3.05, 3.63) is 51.0 Å². The molecule has 1 aromatic heterocycles. The largest absolute Gasteiger partial charge is 0.347 e. The molecule has 0 bridgehead atoms. The number of carbonyl (C=O) groups is 2. The number of rotatable bonds is 5. The molecule has 31 heavy (non-hydrogen) atoms. The number of aromatic nitrogens is 1. The van der Waals surface area contributed by atoms with Gasteiger partial charge in [-0.05, 0) is 50.7 Å². The highest BCUT2D eigenvalue weighted by Gasteiger charge is 2.35. The maximum absolute atomic E-state index is 13.2. The van der Waals surface area contributed by atoms with Crippen LogP contribution in [0.2, 0.25) is 0 Å². The number of carbonyl (C=O) groups excluding carboxylic acids is 2. The third kappa shape index (κ3) is 5.00. The van der Waals surface area contributed by atoms with Crippen LogP contribution in [-0.2, 0) is 11.2 Å². The second-order valence-electron chi connectivity index (χ2n) is 9.07. The van der Waals surface area contributed by atoms with E-state index in [0.717, 1.165) is 55.8 Å². The molecular formula is C25H33N3O2S. The highest BCUT2D eigenvalue weighted by Crippen LogP contribution is 2.32. The van der Waals surface area contributed by atoms with Crippen molar-refractivity contribution in [1.29, 1.82) is 0 Å². The van der Waals surface area contributed by atoms with Crippen molar-refractivity contribution < 1.29 is 9.59 Å². The van der Waals surface area contributed by atoms with Gasteiger partial charge in [0.15, 0.2) is 0 Å². The number of hydrogen-bond acceptors (Lipinski definition) is 4. The van der Waals surface area contributed by atoms with Crippen LogP contribution in [0.5, 0.6) is 0 Å². The molecule has 1 saturated heterocycles. The Balaban J connectivity index is 1.53. The summed E-state index contributed by atoms with van der Waals surface area (Å²) in [5.41, 5.74) is 3.35. The zero-order chi connectivity index (χ0) is 22.0. The van der Waals surface area contributed by atoms with Crippen molar-refractivity contribution >= 4 is 23.2 Å². The predicted octanol–water partition coefficient (Wildman–Crippen LogP) is 4.63. The predicted molar refractivity (Wildman–Crippen MR) is 125 cm³/mol. The first-order valence-electron chi connectivity index (χ1n) is 11.6. The van der Waals surface area contributed by atoms with E-state index < -0.39 is 0 Å². The summed E-state index contributed by atoms with van der Waals surface area (Å²) >= 11 is 1.44. The molecule has 5 nitrogen and oxygen atoms in total. The van der Waals surface area contributed by atoms with Crippen LogP contribution in [0.3, 0.4) is 0 Å². The fraction of sp³-hybridized carbons (Fsp3) is 0.560. The van der Waals surface area contributed by atoms with E-state index in [0.29, 0.717) is 11.4 Å². The van der Waals surface area contributed by atoms with E-state index >= 15 is 0 Å². The molecule has 166 valence electrons. The zero-order valence-corrected chi connectivity index (χ0v) is 19.6. The number of nitrogens with zero attached hydrogens (tertiary/aromatic N) is 2. The van der Waals surface area contributed by atoms with E-state index in [1.165, 1.54) is 22.5 Å². The number of benzene rings is 1. The standard InChI is InChI=1S/C25H33N3O2S/c1-4-18-9-11-19(12-10-18)21-13-22(27-24(29)23-16(2)26-17(3)31-23)15-28(14-21)25(30)20-7-5-6-8-20/h9-12,20-22H,4-8,13-15H2,1-3H3,(H,27,29). The molecule has 0 radical (unpaired) electrons. The van der Waals surface area contributed by atoms with Crippen LogP contribution in [-0.4, -0.2) is 40.8 Å². The molecule has 2 amide bonds. The minimum absolute atomic E-state index is 0.0516. The maximum Gasteiger partial charge on any atom is 0.263 e. The number of likely N-dealkylation sites (tertiary alicyclic amines) is 1. The van der Waals surface area contributed by atoms with Gasteiger partial charge < -0.3 is 10.2 Å². The van der Waals surface area contributed by atoms with Gasteiger partial charge in [-0.1, -0.05) is 44.0 Å². The van der Waals surface area contributed by atoms with Crippen molar-refractivity contribution in [3.8, 4) is 0 Å². The Bertz CT molecular complexity index is 931. The first kappa shape index (κ1) is 22.0. The Hall–Kier alpha value is -2.21. The molecule has 1 saturated carbocycles. The van der Waals surface area contributed by atoms with Crippen molar-refractivity contribution in [2.24, 2.45) is 5.92 Å². The number of hydrogen-bond donors (Lipinski definition) is 1. The maximum atomic E-state index is 13.2. The molecule has 2 heterocycles. The molecule has 1 N–H and O–H groups in total. The lowest BCUT2D eigenvalue weighted by Gasteiger charge is -2.39. The van der Waals surface area contributed by atoms with Gasteiger partial charge in [-0.2, -0.15) is 0 Å². The molecule has 4 rings (SSSR count). The molecule has 2 unspecified atom stereocenters. The lowest BCUT2D eigenvalue weighted by atomic mass is 9.86. The van der Waals surface area contributed by atoms with Gasteiger partial charge in [-0.15, -0.1) is 11.3 Å². The molecule has 2 atom stereocenters. The molecule has 1 aromatic carbocycles. The summed E-state index contributed by atoms with van der Waals surface area (Å²) in [6.45, 7) is 7.31. The van der Waals surface area contributed by atoms with E-state index in [-0.39, 0.29) is 29.7 Å². The quantitative estimate of drug-likeness (QED) is 0.739. The number of aryl methyl sites for hydroxylation is 3. The van der Waals surface area contributed by atoms with Gasteiger partial charge in [0.05, 0.1) is 10.7 Å². The van der Waals surface area contributed by atoms with Crippen molar-refractivity contribution in [1.82, 2.24) is 15.2 Å². The minimum atomic E-state index is -0.0663. The summed E-state index contributed by atoms with van der Waals surface area (Å²) in [5, 5.41) is 4.13. The van der Waals surface area contributed by atoms with E-state index in [9.17, 15) is 9.59 Å². The van der Waals surface area contributed by atoms with Gasteiger partial charge in [0.1, 0.15) is 4.88 Å². The summed E-state index contributed by atoms with van der Waals surface area (Å²) in [6.07, 6.45) is 6.17. The summed E-state index contributed by atoms with van der Waals surface area (Å²) < 4.78 is 0. The molecule has 1 aliphatic carbocycles. The van der Waals surface area contributed by atoms with Gasteiger partial charge in [-0.3, -0.25) is 9.59 Å².